The summed E-state index contributed by atoms with van der Waals surface area (Å²) in [5, 5.41) is 3.23. The summed E-state index contributed by atoms with van der Waals surface area (Å²) < 4.78 is 26.1. The molecule has 1 aromatic rings. The smallest absolute Gasteiger partial charge is 0.130 e. The molecule has 0 spiro atoms. The van der Waals surface area contributed by atoms with Crippen molar-refractivity contribution in [2.45, 2.75) is 39.3 Å². The topological polar surface area (TPSA) is 12.0 Å². The average molecular weight is 213 g/mol. The highest BCUT2D eigenvalue weighted by molar-refractivity contribution is 5.21. The van der Waals surface area contributed by atoms with Crippen LogP contribution in [0, 0.1) is 11.6 Å². The first kappa shape index (κ1) is 12.1. The molecule has 1 N–H and O–H groups in total. The van der Waals surface area contributed by atoms with Crippen LogP contribution in [0.25, 0.3) is 0 Å². The number of hydrogen-bond donors (Lipinski definition) is 1. The van der Waals surface area contributed by atoms with Gasteiger partial charge in [-0.2, -0.15) is 0 Å². The maximum atomic E-state index is 13.4. The number of halogens is 2. The lowest BCUT2D eigenvalue weighted by Crippen LogP contribution is -2.37. The summed E-state index contributed by atoms with van der Waals surface area (Å²) in [4.78, 5) is 0. The Morgan fingerprint density at radius 2 is 1.80 bits per heavy atom. The largest absolute Gasteiger partial charge is 0.305 e. The van der Waals surface area contributed by atoms with Crippen molar-refractivity contribution >= 4 is 0 Å². The quantitative estimate of drug-likeness (QED) is 0.793. The predicted octanol–water partition coefficient (Wildman–Crippen LogP) is 3.41. The summed E-state index contributed by atoms with van der Waals surface area (Å²) in [5.74, 6) is -1.04. The van der Waals surface area contributed by atoms with Gasteiger partial charge in [0.05, 0.1) is 0 Å². The maximum absolute atomic E-state index is 13.4. The third-order valence-electron chi connectivity index (χ3n) is 2.08. The highest BCUT2D eigenvalue weighted by Gasteiger charge is 2.17. The van der Waals surface area contributed by atoms with Gasteiger partial charge in [-0.25, -0.2) is 8.78 Å². The Morgan fingerprint density at radius 3 is 2.27 bits per heavy atom. The van der Waals surface area contributed by atoms with Gasteiger partial charge in [0, 0.05) is 23.2 Å². The molecule has 0 aliphatic heterocycles. The van der Waals surface area contributed by atoms with Crippen LogP contribution in [0.2, 0.25) is 0 Å². The third-order valence-corrected chi connectivity index (χ3v) is 2.08. The Hall–Kier alpha value is -0.960. The Balaban J connectivity index is 2.87. The predicted molar refractivity (Wildman–Crippen MR) is 57.7 cm³/mol. The van der Waals surface area contributed by atoms with Gasteiger partial charge in [0.1, 0.15) is 11.6 Å². The molecular formula is C12H17F2N. The van der Waals surface area contributed by atoms with Crippen LogP contribution < -0.4 is 5.32 Å². The monoisotopic (exact) mass is 213 g/mol. The number of nitrogens with one attached hydrogen (secondary N) is 1. The summed E-state index contributed by atoms with van der Waals surface area (Å²) in [7, 11) is 0. The summed E-state index contributed by atoms with van der Waals surface area (Å²) in [6.07, 6.45) is 0. The van der Waals surface area contributed by atoms with E-state index in [0.717, 1.165) is 6.07 Å². The lowest BCUT2D eigenvalue weighted by Gasteiger charge is -2.26. The zero-order valence-electron chi connectivity index (χ0n) is 9.57. The molecule has 1 atom stereocenters. The van der Waals surface area contributed by atoms with E-state index >= 15 is 0 Å². The van der Waals surface area contributed by atoms with Crippen molar-refractivity contribution in [1.82, 2.24) is 5.32 Å². The molecular weight excluding hydrogens is 196 g/mol. The number of hydrogen-bond acceptors (Lipinski definition) is 1. The Morgan fingerprint density at radius 1 is 1.20 bits per heavy atom. The first-order valence-electron chi connectivity index (χ1n) is 5.02. The van der Waals surface area contributed by atoms with E-state index < -0.39 is 11.6 Å². The van der Waals surface area contributed by atoms with Gasteiger partial charge < -0.3 is 5.32 Å². The highest BCUT2D eigenvalue weighted by atomic mass is 19.1. The third kappa shape index (κ3) is 3.59. The molecule has 0 aromatic heterocycles. The van der Waals surface area contributed by atoms with Gasteiger partial charge in [-0.15, -0.1) is 0 Å². The van der Waals surface area contributed by atoms with Gasteiger partial charge >= 0.3 is 0 Å². The molecule has 0 heterocycles. The normalized spacial score (nSPS) is 14.0. The minimum atomic E-state index is -0.542. The highest BCUT2D eigenvalue weighted by Crippen LogP contribution is 2.20. The standard InChI is InChI=1S/C12H17F2N/c1-8(15-12(2,3)4)10-6-5-9(13)7-11(10)14/h5-8,15H,1-4H3. The van der Waals surface area contributed by atoms with E-state index in [1.54, 1.807) is 0 Å². The molecule has 1 rings (SSSR count). The van der Waals surface area contributed by atoms with Gasteiger partial charge in [0.25, 0.3) is 0 Å². The molecule has 1 nitrogen and oxygen atoms in total. The molecule has 1 aromatic carbocycles. The molecule has 0 aliphatic carbocycles. The molecule has 0 saturated carbocycles. The van der Waals surface area contributed by atoms with Crippen LogP contribution in [0.3, 0.4) is 0 Å². The van der Waals surface area contributed by atoms with Gasteiger partial charge in [-0.05, 0) is 33.8 Å². The molecule has 0 radical (unpaired) electrons. The lowest BCUT2D eigenvalue weighted by atomic mass is 10.0. The van der Waals surface area contributed by atoms with Crippen molar-refractivity contribution < 1.29 is 8.78 Å². The van der Waals surface area contributed by atoms with Crippen LogP contribution in [-0.2, 0) is 0 Å². The SMILES string of the molecule is CC(NC(C)(C)C)c1ccc(F)cc1F. The first-order chi connectivity index (χ1) is 6.79. The van der Waals surface area contributed by atoms with E-state index in [0.29, 0.717) is 5.56 Å². The summed E-state index contributed by atoms with van der Waals surface area (Å²) in [6, 6.07) is 3.54. The van der Waals surface area contributed by atoms with Gasteiger partial charge in [0.2, 0.25) is 0 Å². The van der Waals surface area contributed by atoms with E-state index in [1.165, 1.54) is 12.1 Å². The summed E-state index contributed by atoms with van der Waals surface area (Å²) in [5.41, 5.74) is 0.395. The van der Waals surface area contributed by atoms with E-state index in [-0.39, 0.29) is 11.6 Å². The molecule has 15 heavy (non-hydrogen) atoms. The molecule has 0 fully saturated rings. The van der Waals surface area contributed by atoms with E-state index in [9.17, 15) is 8.78 Å². The number of rotatable bonds is 2. The van der Waals surface area contributed by atoms with Crippen LogP contribution in [0.1, 0.15) is 39.3 Å². The van der Waals surface area contributed by atoms with Crippen LogP contribution in [0.15, 0.2) is 18.2 Å². The Bertz CT molecular complexity index is 342. The van der Waals surface area contributed by atoms with Crippen molar-refractivity contribution in [3.8, 4) is 0 Å². The molecule has 0 aliphatic rings. The summed E-state index contributed by atoms with van der Waals surface area (Å²) in [6.45, 7) is 7.88. The van der Waals surface area contributed by atoms with Crippen LogP contribution >= 0.6 is 0 Å². The van der Waals surface area contributed by atoms with Crippen LogP contribution in [0.4, 0.5) is 8.78 Å². The summed E-state index contributed by atoms with van der Waals surface area (Å²) >= 11 is 0. The average Bonchev–Trinajstić information content (AvgIpc) is 1.99. The van der Waals surface area contributed by atoms with Crippen LogP contribution in [-0.4, -0.2) is 5.54 Å². The van der Waals surface area contributed by atoms with Gasteiger partial charge in [0.15, 0.2) is 0 Å². The molecule has 84 valence electrons. The first-order valence-corrected chi connectivity index (χ1v) is 5.02. The second-order valence-electron chi connectivity index (χ2n) is 4.78. The fourth-order valence-corrected chi connectivity index (χ4v) is 1.58. The van der Waals surface area contributed by atoms with Crippen molar-refractivity contribution in [2.75, 3.05) is 0 Å². The van der Waals surface area contributed by atoms with E-state index in [1.807, 2.05) is 27.7 Å². The lowest BCUT2D eigenvalue weighted by molar-refractivity contribution is 0.371. The Kier molecular flexibility index (Phi) is 3.45. The van der Waals surface area contributed by atoms with Crippen LogP contribution in [0.5, 0.6) is 0 Å². The second kappa shape index (κ2) is 4.27. The zero-order valence-corrected chi connectivity index (χ0v) is 9.57. The molecule has 0 amide bonds. The van der Waals surface area contributed by atoms with Crippen molar-refractivity contribution in [3.05, 3.63) is 35.4 Å². The molecule has 0 saturated heterocycles. The molecule has 0 bridgehead atoms. The Labute approximate surface area is 89.5 Å². The minimum absolute atomic E-state index is 0.0970. The van der Waals surface area contributed by atoms with Crippen molar-refractivity contribution in [1.29, 1.82) is 0 Å². The molecule has 3 heteroatoms. The molecule has 1 unspecified atom stereocenters. The van der Waals surface area contributed by atoms with Gasteiger partial charge in [-0.1, -0.05) is 6.07 Å². The van der Waals surface area contributed by atoms with Crippen molar-refractivity contribution in [3.63, 3.8) is 0 Å². The van der Waals surface area contributed by atoms with Gasteiger partial charge in [-0.3, -0.25) is 0 Å². The maximum Gasteiger partial charge on any atom is 0.130 e. The van der Waals surface area contributed by atoms with E-state index in [4.69, 9.17) is 0 Å². The van der Waals surface area contributed by atoms with Crippen molar-refractivity contribution in [2.24, 2.45) is 0 Å². The fraction of sp³-hybridized carbons (Fsp3) is 0.500. The minimum Gasteiger partial charge on any atom is -0.305 e. The zero-order chi connectivity index (χ0) is 11.6. The van der Waals surface area contributed by atoms with E-state index in [2.05, 4.69) is 5.32 Å². The fourth-order valence-electron chi connectivity index (χ4n) is 1.58. The second-order valence-corrected chi connectivity index (χ2v) is 4.78. The number of benzene rings is 1.